The molecule has 32 heavy (non-hydrogen) atoms. The Kier molecular flexibility index (Phi) is 4.40. The molecule has 0 fully saturated rings. The quantitative estimate of drug-likeness (QED) is 0.361. The largest absolute Gasteiger partial charge is 0.383 e. The Bertz CT molecular complexity index is 1560. The maximum absolute atomic E-state index is 12.2. The molecule has 0 bridgehead atoms. The fraction of sp³-hybridized carbons (Fsp3) is 0.0909. The summed E-state index contributed by atoms with van der Waals surface area (Å²) >= 11 is 0. The van der Waals surface area contributed by atoms with Crippen LogP contribution >= 0.6 is 0 Å². The van der Waals surface area contributed by atoms with E-state index < -0.39 is 10.9 Å². The lowest BCUT2D eigenvalue weighted by Crippen LogP contribution is -2.35. The molecule has 4 N–H and O–H groups in total. The number of aryl methyl sites for hydroxylation is 2. The first-order chi connectivity index (χ1) is 15.4. The van der Waals surface area contributed by atoms with Crippen molar-refractivity contribution in [3.63, 3.8) is 0 Å². The van der Waals surface area contributed by atoms with E-state index >= 15 is 0 Å². The highest BCUT2D eigenvalue weighted by Crippen LogP contribution is 2.30. The molecule has 0 saturated carbocycles. The Labute approximate surface area is 181 Å². The molecule has 5 rings (SSSR count). The Morgan fingerprint density at radius 2 is 1.81 bits per heavy atom. The highest BCUT2D eigenvalue weighted by molar-refractivity contribution is 5.95. The molecule has 0 radical (unpaired) electrons. The van der Waals surface area contributed by atoms with Gasteiger partial charge in [-0.3, -0.25) is 19.3 Å². The molecule has 5 aromatic rings. The Hall–Kier alpha value is -4.60. The molecule has 0 amide bonds. The molecular formula is C22H18N8O2. The highest BCUT2D eigenvalue weighted by atomic mass is 16.2. The van der Waals surface area contributed by atoms with Crippen LogP contribution in [0.5, 0.6) is 0 Å². The third-order valence-corrected chi connectivity index (χ3v) is 5.20. The van der Waals surface area contributed by atoms with E-state index in [-0.39, 0.29) is 11.4 Å². The van der Waals surface area contributed by atoms with Gasteiger partial charge in [-0.05, 0) is 36.1 Å². The van der Waals surface area contributed by atoms with Crippen LogP contribution in [0.2, 0.25) is 0 Å². The highest BCUT2D eigenvalue weighted by Gasteiger charge is 2.22. The zero-order valence-corrected chi connectivity index (χ0v) is 17.2. The Morgan fingerprint density at radius 1 is 1.03 bits per heavy atom. The predicted octanol–water partition coefficient (Wildman–Crippen LogP) is 2.40. The van der Waals surface area contributed by atoms with E-state index in [1.807, 2.05) is 19.1 Å². The number of anilines is 5. The second kappa shape index (κ2) is 7.27. The molecule has 0 aliphatic heterocycles. The van der Waals surface area contributed by atoms with Crippen LogP contribution in [0.1, 0.15) is 5.56 Å². The molecule has 4 heterocycles. The van der Waals surface area contributed by atoms with Gasteiger partial charge in [0.15, 0.2) is 0 Å². The van der Waals surface area contributed by atoms with Gasteiger partial charge in [-0.15, -0.1) is 0 Å². The van der Waals surface area contributed by atoms with Crippen molar-refractivity contribution in [2.45, 2.75) is 6.92 Å². The SMILES string of the molecule is Cc1ccncc1-c1cc2cc(Nc3c(Nc4cnn(C)c4)c(=O)c3=O)ncc2c(N)n1. The minimum atomic E-state index is -0.612. The lowest BCUT2D eigenvalue weighted by molar-refractivity contribution is 0.768. The van der Waals surface area contributed by atoms with Crippen molar-refractivity contribution >= 4 is 39.5 Å². The van der Waals surface area contributed by atoms with Crippen LogP contribution in [-0.2, 0) is 7.05 Å². The molecule has 0 aliphatic carbocycles. The molecule has 0 saturated heterocycles. The van der Waals surface area contributed by atoms with E-state index in [1.165, 1.54) is 0 Å². The maximum atomic E-state index is 12.2. The van der Waals surface area contributed by atoms with Crippen LogP contribution in [0.4, 0.5) is 28.7 Å². The first-order valence-electron chi connectivity index (χ1n) is 9.74. The number of hydrogen-bond acceptors (Lipinski definition) is 9. The number of rotatable bonds is 5. The Balaban J connectivity index is 1.51. The molecule has 10 heteroatoms. The van der Waals surface area contributed by atoms with E-state index in [1.54, 1.807) is 48.8 Å². The van der Waals surface area contributed by atoms with Crippen LogP contribution in [0, 0.1) is 6.92 Å². The molecular weight excluding hydrogens is 408 g/mol. The number of nitrogens with two attached hydrogens (primary N) is 1. The van der Waals surface area contributed by atoms with Crippen molar-refractivity contribution in [3.8, 4) is 11.3 Å². The second-order valence-electron chi connectivity index (χ2n) is 7.43. The van der Waals surface area contributed by atoms with E-state index in [0.29, 0.717) is 28.4 Å². The van der Waals surface area contributed by atoms with Crippen molar-refractivity contribution in [2.75, 3.05) is 16.4 Å². The average molecular weight is 426 g/mol. The fourth-order valence-electron chi connectivity index (χ4n) is 3.50. The van der Waals surface area contributed by atoms with E-state index in [9.17, 15) is 9.59 Å². The summed E-state index contributed by atoms with van der Waals surface area (Å²) in [4.78, 5) is 37.2. The van der Waals surface area contributed by atoms with Gasteiger partial charge in [0.1, 0.15) is 23.0 Å². The molecule has 4 aromatic heterocycles. The molecule has 0 unspecified atom stereocenters. The third-order valence-electron chi connectivity index (χ3n) is 5.20. The standard InChI is InChI=1S/C22H18N8O2/c1-11-3-4-24-8-14(11)16-5-12-6-17(25-9-15(12)22(23)28-16)29-19-18(20(31)21(19)32)27-13-7-26-30(2)10-13/h3-10,27H,1-2H3,(H2,23,28)(H,25,29). The van der Waals surface area contributed by atoms with Crippen molar-refractivity contribution in [1.29, 1.82) is 0 Å². The summed E-state index contributed by atoms with van der Waals surface area (Å²) in [6.45, 7) is 1.97. The summed E-state index contributed by atoms with van der Waals surface area (Å²) in [5, 5.41) is 11.4. The van der Waals surface area contributed by atoms with Gasteiger partial charge in [-0.1, -0.05) is 0 Å². The minimum Gasteiger partial charge on any atom is -0.383 e. The third kappa shape index (κ3) is 3.23. The molecule has 0 atom stereocenters. The van der Waals surface area contributed by atoms with Crippen LogP contribution in [0.25, 0.3) is 22.0 Å². The predicted molar refractivity (Wildman–Crippen MR) is 123 cm³/mol. The zero-order valence-electron chi connectivity index (χ0n) is 17.2. The number of hydrogen-bond donors (Lipinski definition) is 3. The van der Waals surface area contributed by atoms with Crippen molar-refractivity contribution in [1.82, 2.24) is 24.7 Å². The van der Waals surface area contributed by atoms with Gasteiger partial charge in [0.25, 0.3) is 10.9 Å². The first kappa shape index (κ1) is 19.4. The molecule has 10 nitrogen and oxygen atoms in total. The van der Waals surface area contributed by atoms with Crippen molar-refractivity contribution in [2.24, 2.45) is 7.05 Å². The summed E-state index contributed by atoms with van der Waals surface area (Å²) in [6, 6.07) is 5.55. The van der Waals surface area contributed by atoms with Gasteiger partial charge in [0, 0.05) is 42.8 Å². The Morgan fingerprint density at radius 3 is 2.53 bits per heavy atom. The number of nitrogen functional groups attached to an aromatic ring is 1. The van der Waals surface area contributed by atoms with Crippen LogP contribution in [0.15, 0.2) is 58.8 Å². The second-order valence-corrected chi connectivity index (χ2v) is 7.43. The fourth-order valence-corrected chi connectivity index (χ4v) is 3.50. The normalized spacial score (nSPS) is 11.2. The van der Waals surface area contributed by atoms with Crippen LogP contribution in [0.3, 0.4) is 0 Å². The van der Waals surface area contributed by atoms with Gasteiger partial charge in [-0.2, -0.15) is 5.10 Å². The van der Waals surface area contributed by atoms with Gasteiger partial charge < -0.3 is 16.4 Å². The number of nitrogens with zero attached hydrogens (tertiary/aromatic N) is 5. The molecule has 158 valence electrons. The van der Waals surface area contributed by atoms with Crippen LogP contribution < -0.4 is 27.2 Å². The smallest absolute Gasteiger partial charge is 0.253 e. The van der Waals surface area contributed by atoms with Crippen molar-refractivity contribution in [3.05, 3.63) is 75.2 Å². The summed E-state index contributed by atoms with van der Waals surface area (Å²) in [5.41, 5.74) is 8.46. The van der Waals surface area contributed by atoms with Gasteiger partial charge >= 0.3 is 0 Å². The number of aromatic nitrogens is 5. The number of pyridine rings is 3. The average Bonchev–Trinajstić information content (AvgIpc) is 3.20. The number of nitrogens with one attached hydrogen (secondary N) is 2. The zero-order chi connectivity index (χ0) is 22.4. The van der Waals surface area contributed by atoms with Crippen LogP contribution in [-0.4, -0.2) is 24.7 Å². The number of fused-ring (bicyclic) bond motifs is 1. The van der Waals surface area contributed by atoms with Crippen molar-refractivity contribution < 1.29 is 0 Å². The molecule has 0 spiro atoms. The van der Waals surface area contributed by atoms with E-state index in [0.717, 1.165) is 16.5 Å². The first-order valence-corrected chi connectivity index (χ1v) is 9.74. The summed E-state index contributed by atoms with van der Waals surface area (Å²) in [7, 11) is 1.76. The lowest BCUT2D eigenvalue weighted by Gasteiger charge is -2.14. The van der Waals surface area contributed by atoms with Gasteiger partial charge in [-0.25, -0.2) is 9.97 Å². The molecule has 1 aromatic carbocycles. The monoisotopic (exact) mass is 426 g/mol. The summed E-state index contributed by atoms with van der Waals surface area (Å²) in [5.74, 6) is 0.742. The van der Waals surface area contributed by atoms with E-state index in [2.05, 4.69) is 30.7 Å². The summed E-state index contributed by atoms with van der Waals surface area (Å²) in [6.07, 6.45) is 8.30. The summed E-state index contributed by atoms with van der Waals surface area (Å²) < 4.78 is 1.59. The maximum Gasteiger partial charge on any atom is 0.253 e. The van der Waals surface area contributed by atoms with Gasteiger partial charge in [0.2, 0.25) is 0 Å². The minimum absolute atomic E-state index is 0.149. The van der Waals surface area contributed by atoms with Gasteiger partial charge in [0.05, 0.1) is 17.6 Å². The molecule has 0 aliphatic rings. The lowest BCUT2D eigenvalue weighted by atomic mass is 10.1. The van der Waals surface area contributed by atoms with E-state index in [4.69, 9.17) is 5.73 Å². The topological polar surface area (TPSA) is 141 Å².